The quantitative estimate of drug-likeness (QED) is 0.326. The second-order valence-corrected chi connectivity index (χ2v) is 7.93. The molecule has 4 heteroatoms. The Kier molecular flexibility index (Phi) is 5.89. The van der Waals surface area contributed by atoms with E-state index < -0.39 is 0 Å². The van der Waals surface area contributed by atoms with Crippen LogP contribution in [0.5, 0.6) is 0 Å². The van der Waals surface area contributed by atoms with Gasteiger partial charge >= 0.3 is 0 Å². The number of benzene rings is 3. The number of hydrogen-bond acceptors (Lipinski definition) is 3. The zero-order valence-electron chi connectivity index (χ0n) is 18.1. The molecule has 1 amide bonds. The van der Waals surface area contributed by atoms with Gasteiger partial charge in [-0.1, -0.05) is 84.9 Å². The highest BCUT2D eigenvalue weighted by Gasteiger charge is 2.18. The lowest BCUT2D eigenvalue weighted by molar-refractivity contribution is 0.0722. The van der Waals surface area contributed by atoms with E-state index in [-0.39, 0.29) is 5.91 Å². The van der Waals surface area contributed by atoms with Crippen LogP contribution in [0.2, 0.25) is 0 Å². The normalized spacial score (nSPS) is 10.8. The number of carbonyl (C=O) groups is 1. The molecular weight excluding hydrogens is 406 g/mol. The van der Waals surface area contributed by atoms with Crippen molar-refractivity contribution in [1.82, 2.24) is 14.9 Å². The van der Waals surface area contributed by atoms with Gasteiger partial charge in [0, 0.05) is 18.1 Å². The minimum absolute atomic E-state index is 0.113. The van der Waals surface area contributed by atoms with Gasteiger partial charge in [0.1, 0.15) is 5.69 Å². The van der Waals surface area contributed by atoms with Crippen molar-refractivity contribution in [3.05, 3.63) is 132 Å². The maximum Gasteiger partial charge on any atom is 0.273 e. The Morgan fingerprint density at radius 3 is 2.18 bits per heavy atom. The number of amides is 1. The summed E-state index contributed by atoms with van der Waals surface area (Å²) in [5, 5.41) is 1.08. The second-order valence-electron chi connectivity index (χ2n) is 7.93. The molecule has 0 bridgehead atoms. The summed E-state index contributed by atoms with van der Waals surface area (Å²) < 4.78 is 0. The summed E-state index contributed by atoms with van der Waals surface area (Å²) in [6, 6.07) is 36.1. The lowest BCUT2D eigenvalue weighted by Crippen LogP contribution is -2.31. The highest BCUT2D eigenvalue weighted by atomic mass is 16.2. The smallest absolute Gasteiger partial charge is 0.273 e. The summed E-state index contributed by atoms with van der Waals surface area (Å²) in [7, 11) is 0. The standard InChI is InChI=1S/C29H23N3O/c33-29(28-12-6-7-19-30-28)32(21-26-18-17-25-10-4-5-11-27(25)31-26)20-22-13-15-24(16-14-22)23-8-2-1-3-9-23/h1-19H,20-21H2. The van der Waals surface area contributed by atoms with Gasteiger partial charge in [-0.25, -0.2) is 0 Å². The molecule has 0 aliphatic heterocycles. The number of fused-ring (bicyclic) bond motifs is 1. The van der Waals surface area contributed by atoms with Crippen LogP contribution >= 0.6 is 0 Å². The van der Waals surface area contributed by atoms with Crippen LogP contribution in [0.15, 0.2) is 115 Å². The van der Waals surface area contributed by atoms with Gasteiger partial charge in [0.05, 0.1) is 17.8 Å². The number of aromatic nitrogens is 2. The highest BCUT2D eigenvalue weighted by molar-refractivity contribution is 5.92. The van der Waals surface area contributed by atoms with E-state index in [2.05, 4.69) is 47.4 Å². The molecule has 2 aromatic heterocycles. The number of para-hydroxylation sites is 1. The number of rotatable bonds is 6. The molecule has 5 aromatic rings. The van der Waals surface area contributed by atoms with Crippen LogP contribution in [0.25, 0.3) is 22.0 Å². The van der Waals surface area contributed by atoms with Crippen molar-refractivity contribution in [2.75, 3.05) is 0 Å². The van der Waals surface area contributed by atoms with Crippen molar-refractivity contribution in [3.8, 4) is 11.1 Å². The van der Waals surface area contributed by atoms with Crippen molar-refractivity contribution >= 4 is 16.8 Å². The monoisotopic (exact) mass is 429 g/mol. The lowest BCUT2D eigenvalue weighted by atomic mass is 10.0. The third-order valence-electron chi connectivity index (χ3n) is 5.61. The van der Waals surface area contributed by atoms with E-state index >= 15 is 0 Å². The lowest BCUT2D eigenvalue weighted by Gasteiger charge is -2.22. The number of carbonyl (C=O) groups excluding carboxylic acids is 1. The molecule has 0 spiro atoms. The Balaban J connectivity index is 1.42. The molecule has 0 aliphatic carbocycles. The fraction of sp³-hybridized carbons (Fsp3) is 0.0690. The van der Waals surface area contributed by atoms with Crippen LogP contribution < -0.4 is 0 Å². The van der Waals surface area contributed by atoms with Crippen LogP contribution in [0.3, 0.4) is 0 Å². The van der Waals surface area contributed by atoms with E-state index in [4.69, 9.17) is 4.98 Å². The van der Waals surface area contributed by atoms with Crippen LogP contribution in [0.1, 0.15) is 21.7 Å². The summed E-state index contributed by atoms with van der Waals surface area (Å²) in [5.41, 5.74) is 5.58. The van der Waals surface area contributed by atoms with Gasteiger partial charge in [0.2, 0.25) is 0 Å². The fourth-order valence-electron chi connectivity index (χ4n) is 3.90. The molecule has 0 atom stereocenters. The van der Waals surface area contributed by atoms with Crippen LogP contribution in [0.4, 0.5) is 0 Å². The Morgan fingerprint density at radius 2 is 1.39 bits per heavy atom. The van der Waals surface area contributed by atoms with Gasteiger partial charge in [-0.05, 0) is 41.0 Å². The molecule has 5 rings (SSSR count). The predicted octanol–water partition coefficient (Wildman–Crippen LogP) is 6.14. The summed E-state index contributed by atoms with van der Waals surface area (Å²) >= 11 is 0. The van der Waals surface area contributed by atoms with E-state index in [1.165, 1.54) is 5.56 Å². The van der Waals surface area contributed by atoms with Crippen LogP contribution in [0, 0.1) is 0 Å². The van der Waals surface area contributed by atoms with Crippen LogP contribution in [-0.2, 0) is 13.1 Å². The zero-order valence-corrected chi connectivity index (χ0v) is 18.1. The summed E-state index contributed by atoms with van der Waals surface area (Å²) in [4.78, 5) is 24.2. The van der Waals surface area contributed by atoms with Gasteiger partial charge in [-0.3, -0.25) is 14.8 Å². The topological polar surface area (TPSA) is 46.1 Å². The summed E-state index contributed by atoms with van der Waals surface area (Å²) in [6.45, 7) is 0.875. The first-order chi connectivity index (χ1) is 16.3. The van der Waals surface area contributed by atoms with Crippen molar-refractivity contribution in [1.29, 1.82) is 0 Å². The van der Waals surface area contributed by atoms with Crippen molar-refractivity contribution in [2.24, 2.45) is 0 Å². The number of nitrogens with zero attached hydrogens (tertiary/aromatic N) is 3. The first-order valence-corrected chi connectivity index (χ1v) is 11.0. The third kappa shape index (κ3) is 4.80. The second kappa shape index (κ2) is 9.45. The Hall–Kier alpha value is -4.31. The molecule has 0 N–H and O–H groups in total. The highest BCUT2D eigenvalue weighted by Crippen LogP contribution is 2.21. The van der Waals surface area contributed by atoms with Crippen molar-refractivity contribution < 1.29 is 4.79 Å². The van der Waals surface area contributed by atoms with E-state index in [0.29, 0.717) is 18.8 Å². The minimum atomic E-state index is -0.113. The van der Waals surface area contributed by atoms with Crippen LogP contribution in [-0.4, -0.2) is 20.8 Å². The van der Waals surface area contributed by atoms with Gasteiger partial charge in [0.15, 0.2) is 0 Å². The molecular formula is C29H23N3O. The molecule has 33 heavy (non-hydrogen) atoms. The van der Waals surface area contributed by atoms with Gasteiger partial charge in [0.25, 0.3) is 5.91 Å². The molecule has 0 fully saturated rings. The molecule has 0 saturated heterocycles. The zero-order chi connectivity index (χ0) is 22.5. The molecule has 3 aromatic carbocycles. The molecule has 2 heterocycles. The maximum atomic E-state index is 13.3. The molecule has 0 aliphatic rings. The number of pyridine rings is 2. The van der Waals surface area contributed by atoms with E-state index in [1.807, 2.05) is 60.7 Å². The molecule has 0 radical (unpaired) electrons. The molecule has 4 nitrogen and oxygen atoms in total. The summed E-state index contributed by atoms with van der Waals surface area (Å²) in [5.74, 6) is -0.113. The average Bonchev–Trinajstić information content (AvgIpc) is 2.89. The van der Waals surface area contributed by atoms with Gasteiger partial charge in [-0.2, -0.15) is 0 Å². The minimum Gasteiger partial charge on any atom is -0.327 e. The van der Waals surface area contributed by atoms with Gasteiger partial charge < -0.3 is 4.90 Å². The first kappa shape index (κ1) is 20.6. The summed E-state index contributed by atoms with van der Waals surface area (Å²) in [6.07, 6.45) is 1.65. The van der Waals surface area contributed by atoms with Gasteiger partial charge in [-0.15, -0.1) is 0 Å². The Bertz CT molecular complexity index is 1370. The van der Waals surface area contributed by atoms with E-state index in [9.17, 15) is 4.79 Å². The largest absolute Gasteiger partial charge is 0.327 e. The SMILES string of the molecule is O=C(c1ccccn1)N(Cc1ccc(-c2ccccc2)cc1)Cc1ccc2ccccc2n1. The van der Waals surface area contributed by atoms with Crippen molar-refractivity contribution in [2.45, 2.75) is 13.1 Å². The van der Waals surface area contributed by atoms with E-state index in [1.54, 1.807) is 17.2 Å². The average molecular weight is 430 g/mol. The molecule has 0 unspecified atom stereocenters. The molecule has 160 valence electrons. The Labute approximate surface area is 193 Å². The van der Waals surface area contributed by atoms with Crippen molar-refractivity contribution in [3.63, 3.8) is 0 Å². The molecule has 0 saturated carbocycles. The predicted molar refractivity (Wildman–Crippen MR) is 131 cm³/mol. The van der Waals surface area contributed by atoms with E-state index in [0.717, 1.165) is 27.7 Å². The maximum absolute atomic E-state index is 13.3. The first-order valence-electron chi connectivity index (χ1n) is 11.0. The third-order valence-corrected chi connectivity index (χ3v) is 5.61. The fourth-order valence-corrected chi connectivity index (χ4v) is 3.90. The Morgan fingerprint density at radius 1 is 0.667 bits per heavy atom. The number of hydrogen-bond donors (Lipinski definition) is 0.